The molecule has 8 heteroatoms. The number of hydrogen-bond donors (Lipinski definition) is 2. The molecule has 0 fully saturated rings. The number of carbonyl (C=O) groups is 2. The van der Waals surface area contributed by atoms with E-state index in [2.05, 4.69) is 5.32 Å². The van der Waals surface area contributed by atoms with E-state index >= 15 is 0 Å². The highest BCUT2D eigenvalue weighted by molar-refractivity contribution is 7.15. The zero-order valence-electron chi connectivity index (χ0n) is 18.6. The molecular weight excluding hydrogens is 442 g/mol. The Hall–Kier alpha value is -3.52. The Morgan fingerprint density at radius 2 is 1.79 bits per heavy atom. The summed E-state index contributed by atoms with van der Waals surface area (Å²) in [7, 11) is 1.57. The number of thiophene rings is 1. The molecule has 0 bridgehead atoms. The number of benzene rings is 2. The van der Waals surface area contributed by atoms with Crippen molar-refractivity contribution in [2.24, 2.45) is 0 Å². The molecule has 0 spiro atoms. The molecule has 2 heterocycles. The third-order valence-corrected chi connectivity index (χ3v) is 6.74. The fourth-order valence-corrected chi connectivity index (χ4v) is 5.27. The minimum absolute atomic E-state index is 0.163. The second-order valence-electron chi connectivity index (χ2n) is 7.46. The Labute approximate surface area is 195 Å². The Morgan fingerprint density at radius 3 is 2.42 bits per heavy atom. The molecule has 1 amide bonds. The highest BCUT2D eigenvalue weighted by Crippen LogP contribution is 2.50. The van der Waals surface area contributed by atoms with Gasteiger partial charge in [-0.2, -0.15) is 0 Å². The number of carboxylic acid groups (broad SMARTS) is 1. The van der Waals surface area contributed by atoms with Gasteiger partial charge < -0.3 is 24.6 Å². The maximum atomic E-state index is 12.7. The first-order valence-electron chi connectivity index (χ1n) is 10.7. The van der Waals surface area contributed by atoms with Crippen LogP contribution in [0.4, 0.5) is 5.69 Å². The predicted molar refractivity (Wildman–Crippen MR) is 127 cm³/mol. The highest BCUT2D eigenvalue weighted by atomic mass is 32.1. The first-order valence-corrected chi connectivity index (χ1v) is 11.5. The van der Waals surface area contributed by atoms with E-state index in [1.54, 1.807) is 31.4 Å². The minimum Gasteiger partial charge on any atom is -0.497 e. The number of aromatic carboxylic acids is 1. The van der Waals surface area contributed by atoms with Gasteiger partial charge in [0.2, 0.25) is 5.91 Å². The van der Waals surface area contributed by atoms with Gasteiger partial charge in [-0.1, -0.05) is 18.2 Å². The second kappa shape index (κ2) is 9.54. The Balaban J connectivity index is 1.85. The first kappa shape index (κ1) is 22.7. The number of anilines is 1. The number of ether oxygens (including phenoxy) is 3. The van der Waals surface area contributed by atoms with Gasteiger partial charge in [-0.25, -0.2) is 4.79 Å². The summed E-state index contributed by atoms with van der Waals surface area (Å²) in [5.41, 5.74) is 2.64. The van der Waals surface area contributed by atoms with E-state index < -0.39 is 5.97 Å². The number of carboxylic acids is 1. The van der Waals surface area contributed by atoms with Gasteiger partial charge in [0.15, 0.2) is 11.5 Å². The van der Waals surface area contributed by atoms with Crippen molar-refractivity contribution in [3.8, 4) is 28.4 Å². The Bertz CT molecular complexity index is 1180. The van der Waals surface area contributed by atoms with E-state index in [9.17, 15) is 14.7 Å². The molecule has 1 aromatic heterocycles. The topological polar surface area (TPSA) is 94.1 Å². The first-order chi connectivity index (χ1) is 16.0. The summed E-state index contributed by atoms with van der Waals surface area (Å²) < 4.78 is 16.7. The van der Waals surface area contributed by atoms with Gasteiger partial charge in [0.05, 0.1) is 26.0 Å². The van der Waals surface area contributed by atoms with Crippen molar-refractivity contribution in [3.05, 3.63) is 57.8 Å². The summed E-state index contributed by atoms with van der Waals surface area (Å²) in [6.07, 6.45) is 0.216. The minimum atomic E-state index is -1.03. The fourth-order valence-electron chi connectivity index (χ4n) is 4.02. The van der Waals surface area contributed by atoms with Gasteiger partial charge in [-0.15, -0.1) is 11.3 Å². The molecule has 1 aliphatic heterocycles. The maximum absolute atomic E-state index is 12.7. The van der Waals surface area contributed by atoms with Gasteiger partial charge in [0.1, 0.15) is 10.6 Å². The monoisotopic (exact) mass is 467 g/mol. The molecular formula is C25H25NO6S. The standard InChI is InChI=1S/C25H25NO6S/c1-4-31-18-11-8-15(12-19(18)32-5-2)17-13-20(27)26-22-21(24(25(28)29)33-23(17)22)14-6-9-16(30-3)10-7-14/h6-12,17H,4-5,13H2,1-3H3,(H,26,27)(H,28,29)/t17-/m0/s1. The van der Waals surface area contributed by atoms with Crippen LogP contribution in [0.2, 0.25) is 0 Å². The lowest BCUT2D eigenvalue weighted by atomic mass is 9.88. The van der Waals surface area contributed by atoms with Crippen LogP contribution >= 0.6 is 11.3 Å². The molecule has 3 aromatic rings. The molecule has 4 rings (SSSR count). The Kier molecular flexibility index (Phi) is 6.55. The number of carbonyl (C=O) groups excluding carboxylic acids is 1. The highest BCUT2D eigenvalue weighted by Gasteiger charge is 2.34. The van der Waals surface area contributed by atoms with Crippen LogP contribution in [-0.4, -0.2) is 37.3 Å². The van der Waals surface area contributed by atoms with E-state index in [0.29, 0.717) is 47.3 Å². The van der Waals surface area contributed by atoms with Crippen LogP contribution in [0, 0.1) is 0 Å². The largest absolute Gasteiger partial charge is 0.497 e. The van der Waals surface area contributed by atoms with E-state index in [0.717, 1.165) is 10.4 Å². The lowest BCUT2D eigenvalue weighted by molar-refractivity contribution is -0.116. The molecule has 172 valence electrons. The van der Waals surface area contributed by atoms with Crippen molar-refractivity contribution >= 4 is 28.9 Å². The van der Waals surface area contributed by atoms with Crippen molar-refractivity contribution in [3.63, 3.8) is 0 Å². The van der Waals surface area contributed by atoms with Crippen molar-refractivity contribution in [1.82, 2.24) is 0 Å². The van der Waals surface area contributed by atoms with Crippen molar-refractivity contribution in [1.29, 1.82) is 0 Å². The zero-order chi connectivity index (χ0) is 23.5. The number of hydrogen-bond acceptors (Lipinski definition) is 6. The summed E-state index contributed by atoms with van der Waals surface area (Å²) in [6.45, 7) is 4.78. The third kappa shape index (κ3) is 4.39. The maximum Gasteiger partial charge on any atom is 0.346 e. The molecule has 1 atom stereocenters. The van der Waals surface area contributed by atoms with E-state index in [1.165, 1.54) is 11.3 Å². The Morgan fingerprint density at radius 1 is 1.09 bits per heavy atom. The van der Waals surface area contributed by atoms with E-state index in [4.69, 9.17) is 14.2 Å². The summed E-state index contributed by atoms with van der Waals surface area (Å²) in [4.78, 5) is 25.9. The lowest BCUT2D eigenvalue weighted by Crippen LogP contribution is -2.22. The van der Waals surface area contributed by atoms with E-state index in [-0.39, 0.29) is 23.1 Å². The van der Waals surface area contributed by atoms with Crippen LogP contribution in [0.5, 0.6) is 17.2 Å². The quantitative estimate of drug-likeness (QED) is 0.461. The average molecular weight is 468 g/mol. The number of nitrogens with one attached hydrogen (secondary N) is 1. The van der Waals surface area contributed by atoms with Crippen LogP contribution in [0.25, 0.3) is 11.1 Å². The summed E-state index contributed by atoms with van der Waals surface area (Å²) >= 11 is 1.20. The number of rotatable bonds is 8. The smallest absolute Gasteiger partial charge is 0.346 e. The van der Waals surface area contributed by atoms with Gasteiger partial charge in [-0.05, 0) is 49.2 Å². The summed E-state index contributed by atoms with van der Waals surface area (Å²) in [5, 5.41) is 12.9. The van der Waals surface area contributed by atoms with Gasteiger partial charge >= 0.3 is 5.97 Å². The normalized spacial score (nSPS) is 14.9. The van der Waals surface area contributed by atoms with Crippen LogP contribution in [0.1, 0.15) is 46.3 Å². The summed E-state index contributed by atoms with van der Waals surface area (Å²) in [5.74, 6) is 0.423. The molecule has 7 nitrogen and oxygen atoms in total. The lowest BCUT2D eigenvalue weighted by Gasteiger charge is -2.24. The van der Waals surface area contributed by atoms with Crippen molar-refractivity contribution in [2.75, 3.05) is 25.6 Å². The van der Waals surface area contributed by atoms with Gasteiger partial charge in [-0.3, -0.25) is 4.79 Å². The van der Waals surface area contributed by atoms with Gasteiger partial charge in [0, 0.05) is 22.8 Å². The summed E-state index contributed by atoms with van der Waals surface area (Å²) in [6, 6.07) is 12.8. The average Bonchev–Trinajstić information content (AvgIpc) is 3.19. The molecule has 0 aliphatic carbocycles. The van der Waals surface area contributed by atoms with Crippen molar-refractivity contribution < 1.29 is 28.9 Å². The third-order valence-electron chi connectivity index (χ3n) is 5.45. The van der Waals surface area contributed by atoms with Crippen LogP contribution in [0.15, 0.2) is 42.5 Å². The zero-order valence-corrected chi connectivity index (χ0v) is 19.5. The number of fused-ring (bicyclic) bond motifs is 1. The van der Waals surface area contributed by atoms with Crippen LogP contribution in [0.3, 0.4) is 0 Å². The molecule has 2 aromatic carbocycles. The molecule has 0 saturated carbocycles. The molecule has 33 heavy (non-hydrogen) atoms. The van der Waals surface area contributed by atoms with E-state index in [1.807, 2.05) is 32.0 Å². The molecule has 0 saturated heterocycles. The fraction of sp³-hybridized carbons (Fsp3) is 0.280. The number of methoxy groups -OCH3 is 1. The predicted octanol–water partition coefficient (Wildman–Crippen LogP) is 5.39. The molecule has 0 unspecified atom stereocenters. The molecule has 2 N–H and O–H groups in total. The number of amides is 1. The van der Waals surface area contributed by atoms with Crippen LogP contribution < -0.4 is 19.5 Å². The second-order valence-corrected chi connectivity index (χ2v) is 8.51. The molecule has 0 radical (unpaired) electrons. The van der Waals surface area contributed by atoms with Crippen molar-refractivity contribution in [2.45, 2.75) is 26.2 Å². The SMILES string of the molecule is CCOc1ccc([C@@H]2CC(=O)Nc3c2sc(C(=O)O)c3-c2ccc(OC)cc2)cc1OCC. The molecule has 1 aliphatic rings. The van der Waals surface area contributed by atoms with Crippen LogP contribution in [-0.2, 0) is 4.79 Å². The van der Waals surface area contributed by atoms with Gasteiger partial charge in [0.25, 0.3) is 0 Å².